The summed E-state index contributed by atoms with van der Waals surface area (Å²) in [4.78, 5) is 14.3. The van der Waals surface area contributed by atoms with Crippen molar-refractivity contribution in [1.82, 2.24) is 4.98 Å². The number of hydrogen-bond acceptors (Lipinski definition) is 2. The van der Waals surface area contributed by atoms with Gasteiger partial charge in [-0.2, -0.15) is 0 Å². The van der Waals surface area contributed by atoms with Crippen LogP contribution in [-0.4, -0.2) is 10.9 Å². The van der Waals surface area contributed by atoms with Gasteiger partial charge in [-0.3, -0.25) is 4.79 Å². The largest absolute Gasteiger partial charge is 0.366 e. The van der Waals surface area contributed by atoms with Crippen molar-refractivity contribution in [2.45, 2.75) is 6.43 Å². The van der Waals surface area contributed by atoms with E-state index in [0.717, 1.165) is 6.07 Å². The molecule has 0 aliphatic carbocycles. The second-order valence-electron chi connectivity index (χ2n) is 2.36. The number of halogens is 4. The van der Waals surface area contributed by atoms with Crippen LogP contribution in [0.2, 0.25) is 5.15 Å². The van der Waals surface area contributed by atoms with Gasteiger partial charge in [0.25, 0.3) is 6.43 Å². The third-order valence-corrected chi connectivity index (χ3v) is 3.11. The van der Waals surface area contributed by atoms with Crippen LogP contribution in [-0.2, 0) is 0 Å². The highest BCUT2D eigenvalue weighted by molar-refractivity contribution is 14.1. The van der Waals surface area contributed by atoms with E-state index >= 15 is 0 Å². The zero-order chi connectivity index (χ0) is 10.9. The van der Waals surface area contributed by atoms with Crippen molar-refractivity contribution in [3.63, 3.8) is 0 Å². The molecule has 14 heavy (non-hydrogen) atoms. The second-order valence-corrected chi connectivity index (χ2v) is 3.80. The minimum atomic E-state index is -2.78. The third kappa shape index (κ3) is 2.30. The van der Waals surface area contributed by atoms with E-state index in [1.807, 2.05) is 0 Å². The highest BCUT2D eigenvalue weighted by atomic mass is 127. The molecule has 0 unspecified atom stereocenters. The van der Waals surface area contributed by atoms with Gasteiger partial charge in [0.05, 0.1) is 9.13 Å². The number of primary amides is 1. The van der Waals surface area contributed by atoms with Crippen molar-refractivity contribution in [3.05, 3.63) is 26.0 Å². The predicted molar refractivity (Wildman–Crippen MR) is 55.4 cm³/mol. The molecule has 0 spiro atoms. The van der Waals surface area contributed by atoms with Gasteiger partial charge in [0, 0.05) is 0 Å². The average Bonchev–Trinajstić information content (AvgIpc) is 2.08. The van der Waals surface area contributed by atoms with Gasteiger partial charge >= 0.3 is 0 Å². The maximum atomic E-state index is 12.2. The maximum Gasteiger partial charge on any atom is 0.280 e. The first kappa shape index (κ1) is 11.6. The quantitative estimate of drug-likeness (QED) is 0.668. The monoisotopic (exact) mass is 332 g/mol. The first-order chi connectivity index (χ1) is 6.43. The van der Waals surface area contributed by atoms with Gasteiger partial charge < -0.3 is 5.73 Å². The SMILES string of the molecule is NC(=O)c1cc(C(F)F)nc(Cl)c1I. The molecular formula is C7H4ClF2IN2O. The van der Waals surface area contributed by atoms with E-state index in [4.69, 9.17) is 17.3 Å². The number of carbonyl (C=O) groups is 1. The molecule has 1 aromatic heterocycles. The Morgan fingerprint density at radius 2 is 2.21 bits per heavy atom. The topological polar surface area (TPSA) is 56.0 Å². The molecule has 1 rings (SSSR count). The molecule has 0 aromatic carbocycles. The lowest BCUT2D eigenvalue weighted by atomic mass is 10.2. The Kier molecular flexibility index (Phi) is 3.59. The fourth-order valence-electron chi connectivity index (χ4n) is 0.808. The standard InChI is InChI=1S/C7H4ClF2IN2O/c8-5-4(11)2(7(12)14)1-3(13-5)6(9)10/h1,6H,(H2,12,14). The summed E-state index contributed by atoms with van der Waals surface area (Å²) in [6.45, 7) is 0. The van der Waals surface area contributed by atoms with E-state index in [1.165, 1.54) is 0 Å². The van der Waals surface area contributed by atoms with Gasteiger partial charge in [-0.25, -0.2) is 13.8 Å². The zero-order valence-corrected chi connectivity index (χ0v) is 9.51. The highest BCUT2D eigenvalue weighted by Gasteiger charge is 2.17. The number of alkyl halides is 2. The number of carbonyl (C=O) groups excluding carboxylic acids is 1. The molecule has 3 nitrogen and oxygen atoms in total. The predicted octanol–water partition coefficient (Wildman–Crippen LogP) is 2.38. The van der Waals surface area contributed by atoms with Crippen molar-refractivity contribution in [2.24, 2.45) is 5.73 Å². The molecule has 1 heterocycles. The van der Waals surface area contributed by atoms with E-state index in [9.17, 15) is 13.6 Å². The van der Waals surface area contributed by atoms with Crippen molar-refractivity contribution < 1.29 is 13.6 Å². The van der Waals surface area contributed by atoms with E-state index in [1.54, 1.807) is 22.6 Å². The summed E-state index contributed by atoms with van der Waals surface area (Å²) in [6.07, 6.45) is -2.78. The summed E-state index contributed by atoms with van der Waals surface area (Å²) in [5.74, 6) is -0.805. The Balaban J connectivity index is 3.35. The smallest absolute Gasteiger partial charge is 0.280 e. The number of hydrogen-bond donors (Lipinski definition) is 1. The van der Waals surface area contributed by atoms with Crippen molar-refractivity contribution in [2.75, 3.05) is 0 Å². The van der Waals surface area contributed by atoms with Crippen LogP contribution in [0, 0.1) is 3.57 Å². The lowest BCUT2D eigenvalue weighted by Gasteiger charge is -2.05. The molecule has 0 atom stereocenters. The van der Waals surface area contributed by atoms with E-state index in [0.29, 0.717) is 0 Å². The molecule has 0 fully saturated rings. The fraction of sp³-hybridized carbons (Fsp3) is 0.143. The van der Waals surface area contributed by atoms with Gasteiger partial charge in [-0.1, -0.05) is 11.6 Å². The summed E-state index contributed by atoms with van der Waals surface area (Å²) in [5.41, 5.74) is 4.38. The summed E-state index contributed by atoms with van der Waals surface area (Å²) in [7, 11) is 0. The number of amides is 1. The number of rotatable bonds is 2. The van der Waals surface area contributed by atoms with Crippen LogP contribution in [0.5, 0.6) is 0 Å². The summed E-state index contributed by atoms with van der Waals surface area (Å²) in [6, 6.07) is 0.945. The van der Waals surface area contributed by atoms with Crippen LogP contribution in [0.15, 0.2) is 6.07 Å². The molecule has 0 radical (unpaired) electrons. The van der Waals surface area contributed by atoms with Gasteiger partial charge in [-0.15, -0.1) is 0 Å². The van der Waals surface area contributed by atoms with Gasteiger partial charge in [0.1, 0.15) is 10.8 Å². The first-order valence-electron chi connectivity index (χ1n) is 3.37. The van der Waals surface area contributed by atoms with Crippen LogP contribution in [0.3, 0.4) is 0 Å². The second kappa shape index (κ2) is 4.35. The first-order valence-corrected chi connectivity index (χ1v) is 4.83. The Morgan fingerprint density at radius 1 is 1.64 bits per heavy atom. The molecule has 1 amide bonds. The molecular weight excluding hydrogens is 328 g/mol. The van der Waals surface area contributed by atoms with Crippen molar-refractivity contribution in [1.29, 1.82) is 0 Å². The van der Waals surface area contributed by atoms with E-state index < -0.39 is 18.0 Å². The molecule has 76 valence electrons. The Morgan fingerprint density at radius 3 is 2.64 bits per heavy atom. The van der Waals surface area contributed by atoms with Gasteiger partial charge in [0.15, 0.2) is 0 Å². The van der Waals surface area contributed by atoms with Gasteiger partial charge in [0.2, 0.25) is 5.91 Å². The average molecular weight is 332 g/mol. The van der Waals surface area contributed by atoms with E-state index in [-0.39, 0.29) is 14.3 Å². The Bertz CT molecular complexity index is 386. The highest BCUT2D eigenvalue weighted by Crippen LogP contribution is 2.25. The lowest BCUT2D eigenvalue weighted by Crippen LogP contribution is -2.14. The van der Waals surface area contributed by atoms with Crippen LogP contribution < -0.4 is 5.73 Å². The minimum absolute atomic E-state index is 0.0408. The zero-order valence-electron chi connectivity index (χ0n) is 6.60. The van der Waals surface area contributed by atoms with Crippen molar-refractivity contribution in [3.8, 4) is 0 Å². The number of aromatic nitrogens is 1. The Labute approximate surface area is 96.8 Å². The van der Waals surface area contributed by atoms with E-state index in [2.05, 4.69) is 4.98 Å². The van der Waals surface area contributed by atoms with Crippen LogP contribution in [0.25, 0.3) is 0 Å². The molecule has 0 bridgehead atoms. The molecule has 7 heteroatoms. The molecule has 0 saturated heterocycles. The fourth-order valence-corrected chi connectivity index (χ4v) is 1.55. The van der Waals surface area contributed by atoms with Crippen LogP contribution in [0.4, 0.5) is 8.78 Å². The summed E-state index contributed by atoms with van der Waals surface area (Å²) >= 11 is 7.27. The molecule has 0 aliphatic heterocycles. The molecule has 0 aliphatic rings. The van der Waals surface area contributed by atoms with Crippen LogP contribution in [0.1, 0.15) is 22.5 Å². The molecule has 0 saturated carbocycles. The normalized spacial score (nSPS) is 10.6. The molecule has 1 aromatic rings. The number of pyridine rings is 1. The number of nitrogens with two attached hydrogens (primary N) is 1. The maximum absolute atomic E-state index is 12.2. The summed E-state index contributed by atoms with van der Waals surface area (Å²) in [5, 5.41) is -0.141. The minimum Gasteiger partial charge on any atom is -0.366 e. The lowest BCUT2D eigenvalue weighted by molar-refractivity contribution is 0.0998. The number of nitrogens with zero attached hydrogens (tertiary/aromatic N) is 1. The van der Waals surface area contributed by atoms with Gasteiger partial charge in [-0.05, 0) is 28.7 Å². The molecule has 2 N–H and O–H groups in total. The third-order valence-electron chi connectivity index (χ3n) is 1.43. The van der Waals surface area contributed by atoms with Crippen molar-refractivity contribution >= 4 is 40.1 Å². The summed E-state index contributed by atoms with van der Waals surface area (Å²) < 4.78 is 24.8. The van der Waals surface area contributed by atoms with Crippen LogP contribution >= 0.6 is 34.2 Å². The Hall–Kier alpha value is -0.500.